The van der Waals surface area contributed by atoms with Gasteiger partial charge in [0.05, 0.1) is 17.1 Å². The number of halogens is 1. The maximum absolute atomic E-state index is 14.3. The first-order valence-corrected chi connectivity index (χ1v) is 8.94. The third-order valence-electron chi connectivity index (χ3n) is 3.69. The van der Waals surface area contributed by atoms with Crippen molar-refractivity contribution in [3.8, 4) is 5.75 Å². The van der Waals surface area contributed by atoms with Crippen molar-refractivity contribution in [3.63, 3.8) is 0 Å². The van der Waals surface area contributed by atoms with Gasteiger partial charge in [-0.2, -0.15) is 5.10 Å². The summed E-state index contributed by atoms with van der Waals surface area (Å²) in [4.78, 5) is 0. The summed E-state index contributed by atoms with van der Waals surface area (Å²) in [7, 11) is -2.01. The van der Waals surface area contributed by atoms with Crippen LogP contribution >= 0.6 is 0 Å². The number of nitrogens with one attached hydrogen (secondary N) is 1. The van der Waals surface area contributed by atoms with Crippen LogP contribution in [-0.4, -0.2) is 18.5 Å². The molecule has 0 aliphatic rings. The van der Waals surface area contributed by atoms with Gasteiger partial charge in [-0.3, -0.25) is 5.10 Å². The van der Waals surface area contributed by atoms with Crippen molar-refractivity contribution in [2.75, 3.05) is 0 Å². The zero-order valence-corrected chi connectivity index (χ0v) is 12.5. The lowest BCUT2D eigenvalue weighted by Crippen LogP contribution is -2.44. The van der Waals surface area contributed by atoms with Crippen LogP contribution in [0.1, 0.15) is 20.8 Å². The third kappa shape index (κ3) is 2.14. The van der Waals surface area contributed by atoms with Crippen LogP contribution in [0.2, 0.25) is 18.1 Å². The Morgan fingerprint density at radius 3 is 2.56 bits per heavy atom. The first-order valence-electron chi connectivity index (χ1n) is 6.03. The fourth-order valence-corrected chi connectivity index (χ4v) is 2.48. The summed E-state index contributed by atoms with van der Waals surface area (Å²) in [6.07, 6.45) is 1.49. The molecule has 1 aromatic carbocycles. The lowest BCUT2D eigenvalue weighted by atomic mass is 10.2. The summed E-state index contributed by atoms with van der Waals surface area (Å²) in [5.74, 6) is 0.00145. The molecule has 0 bridgehead atoms. The van der Waals surface area contributed by atoms with Gasteiger partial charge in [0.15, 0.2) is 5.82 Å². The van der Waals surface area contributed by atoms with Crippen LogP contribution in [0.4, 0.5) is 4.39 Å². The largest absolute Gasteiger partial charge is 0.542 e. The number of fused-ring (bicyclic) bond motifs is 1. The van der Waals surface area contributed by atoms with Crippen molar-refractivity contribution in [1.82, 2.24) is 10.2 Å². The van der Waals surface area contributed by atoms with Crippen LogP contribution in [0.15, 0.2) is 18.3 Å². The fourth-order valence-electron chi connectivity index (χ4n) is 1.47. The molecular formula is C13H19FN2OSi. The summed E-state index contributed by atoms with van der Waals surface area (Å²) >= 11 is 0. The molecule has 1 aromatic heterocycles. The minimum atomic E-state index is -2.01. The maximum atomic E-state index is 14.3. The van der Waals surface area contributed by atoms with Gasteiger partial charge in [-0.05, 0) is 30.3 Å². The normalized spacial score (nSPS) is 13.0. The number of nitrogens with zero attached hydrogens (tertiary/aromatic N) is 1. The second-order valence-corrected chi connectivity index (χ2v) is 10.8. The molecule has 1 heterocycles. The van der Waals surface area contributed by atoms with Gasteiger partial charge >= 0.3 is 0 Å². The van der Waals surface area contributed by atoms with Crippen LogP contribution < -0.4 is 4.43 Å². The molecule has 0 saturated heterocycles. The number of hydrogen-bond acceptors (Lipinski definition) is 2. The van der Waals surface area contributed by atoms with E-state index in [-0.39, 0.29) is 10.9 Å². The van der Waals surface area contributed by atoms with Gasteiger partial charge in [-0.15, -0.1) is 0 Å². The molecule has 0 unspecified atom stereocenters. The minimum absolute atomic E-state index is 0.0464. The Bertz CT molecular complexity index is 572. The highest BCUT2D eigenvalue weighted by Crippen LogP contribution is 2.38. The SMILES string of the molecule is CC(C)(C)[Si](C)(C)Oc1ccc2[nH]ncc2c1F. The molecule has 0 atom stereocenters. The van der Waals surface area contributed by atoms with Gasteiger partial charge in [0.1, 0.15) is 5.75 Å². The van der Waals surface area contributed by atoms with E-state index in [4.69, 9.17) is 4.43 Å². The van der Waals surface area contributed by atoms with E-state index in [1.54, 1.807) is 12.1 Å². The predicted molar refractivity (Wildman–Crippen MR) is 73.9 cm³/mol. The summed E-state index contributed by atoms with van der Waals surface area (Å²) in [5.41, 5.74) is 0.690. The van der Waals surface area contributed by atoms with E-state index in [2.05, 4.69) is 44.1 Å². The molecule has 0 amide bonds. The van der Waals surface area contributed by atoms with E-state index in [1.807, 2.05) is 0 Å². The molecule has 2 aromatic rings. The van der Waals surface area contributed by atoms with E-state index in [9.17, 15) is 4.39 Å². The Labute approximate surface area is 107 Å². The highest BCUT2D eigenvalue weighted by molar-refractivity contribution is 6.74. The second-order valence-electron chi connectivity index (χ2n) is 6.07. The van der Waals surface area contributed by atoms with Crippen molar-refractivity contribution in [3.05, 3.63) is 24.1 Å². The number of aromatic amines is 1. The van der Waals surface area contributed by atoms with Crippen molar-refractivity contribution in [1.29, 1.82) is 0 Å². The van der Waals surface area contributed by atoms with Crippen LogP contribution in [0.25, 0.3) is 10.9 Å². The monoisotopic (exact) mass is 266 g/mol. The van der Waals surface area contributed by atoms with Gasteiger partial charge in [-0.1, -0.05) is 20.8 Å². The molecule has 0 aliphatic heterocycles. The van der Waals surface area contributed by atoms with Gasteiger partial charge in [-0.25, -0.2) is 4.39 Å². The predicted octanol–water partition coefficient (Wildman–Crippen LogP) is 4.09. The fraction of sp³-hybridized carbons (Fsp3) is 0.462. The van der Waals surface area contributed by atoms with Gasteiger partial charge < -0.3 is 4.43 Å². The Hall–Kier alpha value is -1.36. The number of rotatable bonds is 2. The maximum Gasteiger partial charge on any atom is 0.250 e. The molecule has 98 valence electrons. The standard InChI is InChI=1S/C13H19FN2OSi/c1-13(2,3)18(4,5)17-11-7-6-10-9(12(11)14)8-15-16-10/h6-8H,1-5H3,(H,15,16). The average Bonchev–Trinajstić information content (AvgIpc) is 2.69. The topological polar surface area (TPSA) is 37.9 Å². The highest BCUT2D eigenvalue weighted by atomic mass is 28.4. The van der Waals surface area contributed by atoms with E-state index < -0.39 is 8.32 Å². The quantitative estimate of drug-likeness (QED) is 0.831. The van der Waals surface area contributed by atoms with E-state index >= 15 is 0 Å². The third-order valence-corrected chi connectivity index (χ3v) is 8.04. The second kappa shape index (κ2) is 4.09. The molecule has 5 heteroatoms. The van der Waals surface area contributed by atoms with Gasteiger partial charge in [0.2, 0.25) is 0 Å². The van der Waals surface area contributed by atoms with Crippen molar-refractivity contribution < 1.29 is 8.82 Å². The van der Waals surface area contributed by atoms with E-state index in [0.29, 0.717) is 16.7 Å². The Balaban J connectivity index is 2.41. The Kier molecular flexibility index (Phi) is 2.97. The smallest absolute Gasteiger partial charge is 0.250 e. The Morgan fingerprint density at radius 2 is 1.94 bits per heavy atom. The van der Waals surface area contributed by atoms with Crippen LogP contribution in [0.5, 0.6) is 5.75 Å². The summed E-state index contributed by atoms with van der Waals surface area (Å²) in [5, 5.41) is 7.11. The van der Waals surface area contributed by atoms with Crippen molar-refractivity contribution in [2.24, 2.45) is 0 Å². The number of hydrogen-bond donors (Lipinski definition) is 1. The lowest BCUT2D eigenvalue weighted by molar-refractivity contribution is 0.460. The zero-order chi connectivity index (χ0) is 13.6. The minimum Gasteiger partial charge on any atom is -0.542 e. The summed E-state index contributed by atoms with van der Waals surface area (Å²) in [6, 6.07) is 3.48. The molecule has 2 rings (SSSR count). The van der Waals surface area contributed by atoms with Crippen LogP contribution in [0.3, 0.4) is 0 Å². The molecular weight excluding hydrogens is 247 g/mol. The molecule has 0 fully saturated rings. The number of aromatic nitrogens is 2. The molecule has 18 heavy (non-hydrogen) atoms. The molecule has 1 N–H and O–H groups in total. The zero-order valence-electron chi connectivity index (χ0n) is 11.5. The van der Waals surface area contributed by atoms with Crippen molar-refractivity contribution in [2.45, 2.75) is 38.9 Å². The molecule has 0 saturated carbocycles. The first kappa shape index (κ1) is 13.1. The summed E-state index contributed by atoms with van der Waals surface area (Å²) < 4.78 is 20.3. The van der Waals surface area contributed by atoms with Crippen LogP contribution in [-0.2, 0) is 0 Å². The van der Waals surface area contributed by atoms with E-state index in [1.165, 1.54) is 6.20 Å². The highest BCUT2D eigenvalue weighted by Gasteiger charge is 2.39. The molecule has 0 radical (unpaired) electrons. The first-order chi connectivity index (χ1) is 8.22. The van der Waals surface area contributed by atoms with Crippen LogP contribution in [0, 0.1) is 5.82 Å². The molecule has 3 nitrogen and oxygen atoms in total. The number of benzene rings is 1. The van der Waals surface area contributed by atoms with Crippen molar-refractivity contribution >= 4 is 19.2 Å². The van der Waals surface area contributed by atoms with E-state index in [0.717, 1.165) is 0 Å². The van der Waals surface area contributed by atoms with Gasteiger partial charge in [0.25, 0.3) is 8.32 Å². The molecule has 0 spiro atoms. The molecule has 0 aliphatic carbocycles. The Morgan fingerprint density at radius 1 is 1.28 bits per heavy atom. The van der Waals surface area contributed by atoms with Gasteiger partial charge in [0, 0.05) is 0 Å². The lowest BCUT2D eigenvalue weighted by Gasteiger charge is -2.36. The summed E-state index contributed by atoms with van der Waals surface area (Å²) in [6.45, 7) is 10.6. The average molecular weight is 266 g/mol. The number of H-pyrrole nitrogens is 1.